The standard InChI is InChI=1S/C12H16FNO3S/c1-16-7-8(17-2)6-14-12(15)10-5-9(18)3-4-11(10)13/h3-5,8,18H,6-7H2,1-2H3,(H,14,15). The van der Waals surface area contributed by atoms with Crippen molar-refractivity contribution >= 4 is 18.5 Å². The van der Waals surface area contributed by atoms with Gasteiger partial charge in [0.1, 0.15) is 5.82 Å². The Bertz CT molecular complexity index is 414. The Morgan fingerprint density at radius 1 is 1.50 bits per heavy atom. The highest BCUT2D eigenvalue weighted by Gasteiger charge is 2.14. The fraction of sp³-hybridized carbons (Fsp3) is 0.417. The topological polar surface area (TPSA) is 47.6 Å². The zero-order valence-corrected chi connectivity index (χ0v) is 11.2. The maximum Gasteiger partial charge on any atom is 0.254 e. The number of carbonyl (C=O) groups excluding carboxylic acids is 1. The van der Waals surface area contributed by atoms with Crippen molar-refractivity contribution < 1.29 is 18.7 Å². The van der Waals surface area contributed by atoms with Crippen LogP contribution in [0.3, 0.4) is 0 Å². The van der Waals surface area contributed by atoms with Gasteiger partial charge in [-0.3, -0.25) is 4.79 Å². The van der Waals surface area contributed by atoms with Crippen molar-refractivity contribution in [3.05, 3.63) is 29.6 Å². The monoisotopic (exact) mass is 273 g/mol. The van der Waals surface area contributed by atoms with Gasteiger partial charge in [-0.1, -0.05) is 0 Å². The molecule has 0 saturated heterocycles. The lowest BCUT2D eigenvalue weighted by molar-refractivity contribution is 0.0285. The van der Waals surface area contributed by atoms with Crippen LogP contribution in [0.2, 0.25) is 0 Å². The predicted molar refractivity (Wildman–Crippen MR) is 68.7 cm³/mol. The molecule has 1 N–H and O–H groups in total. The molecule has 1 aromatic carbocycles. The Hall–Kier alpha value is -1.11. The fourth-order valence-electron chi connectivity index (χ4n) is 1.39. The van der Waals surface area contributed by atoms with E-state index in [4.69, 9.17) is 9.47 Å². The van der Waals surface area contributed by atoms with Crippen LogP contribution in [0.25, 0.3) is 0 Å². The summed E-state index contributed by atoms with van der Waals surface area (Å²) in [5.74, 6) is -1.08. The van der Waals surface area contributed by atoms with Crippen LogP contribution in [-0.4, -0.2) is 39.4 Å². The van der Waals surface area contributed by atoms with E-state index in [1.54, 1.807) is 0 Å². The van der Waals surface area contributed by atoms with Gasteiger partial charge in [-0.25, -0.2) is 4.39 Å². The smallest absolute Gasteiger partial charge is 0.254 e. The van der Waals surface area contributed by atoms with E-state index < -0.39 is 11.7 Å². The molecule has 1 aromatic rings. The minimum Gasteiger partial charge on any atom is -0.382 e. The highest BCUT2D eigenvalue weighted by Crippen LogP contribution is 2.13. The summed E-state index contributed by atoms with van der Waals surface area (Å²) in [5.41, 5.74) is -0.0326. The average Bonchev–Trinajstić information content (AvgIpc) is 2.37. The van der Waals surface area contributed by atoms with Crippen LogP contribution in [0, 0.1) is 5.82 Å². The Morgan fingerprint density at radius 3 is 2.83 bits per heavy atom. The number of carbonyl (C=O) groups is 1. The summed E-state index contributed by atoms with van der Waals surface area (Å²) >= 11 is 4.07. The molecule has 6 heteroatoms. The molecule has 100 valence electrons. The number of hydrogen-bond acceptors (Lipinski definition) is 4. The summed E-state index contributed by atoms with van der Waals surface area (Å²) < 4.78 is 23.4. The molecule has 1 unspecified atom stereocenters. The third kappa shape index (κ3) is 4.29. The van der Waals surface area contributed by atoms with Gasteiger partial charge in [-0.15, -0.1) is 12.6 Å². The number of ether oxygens (including phenoxy) is 2. The number of benzene rings is 1. The SMILES string of the molecule is COCC(CNC(=O)c1cc(S)ccc1F)OC. The first-order chi connectivity index (χ1) is 8.58. The Balaban J connectivity index is 2.62. The summed E-state index contributed by atoms with van der Waals surface area (Å²) in [6.45, 7) is 0.602. The second-order valence-corrected chi connectivity index (χ2v) is 4.20. The number of nitrogens with one attached hydrogen (secondary N) is 1. The van der Waals surface area contributed by atoms with Crippen molar-refractivity contribution in [2.45, 2.75) is 11.0 Å². The van der Waals surface area contributed by atoms with E-state index in [0.717, 1.165) is 0 Å². The quantitative estimate of drug-likeness (QED) is 0.772. The lowest BCUT2D eigenvalue weighted by atomic mass is 10.2. The van der Waals surface area contributed by atoms with Crippen molar-refractivity contribution in [1.29, 1.82) is 0 Å². The number of halogens is 1. The van der Waals surface area contributed by atoms with Crippen LogP contribution in [0.5, 0.6) is 0 Å². The van der Waals surface area contributed by atoms with Crippen molar-refractivity contribution in [3.63, 3.8) is 0 Å². The minimum absolute atomic E-state index is 0.0326. The van der Waals surface area contributed by atoms with Crippen LogP contribution in [0.15, 0.2) is 23.1 Å². The van der Waals surface area contributed by atoms with Gasteiger partial charge in [-0.05, 0) is 18.2 Å². The molecule has 0 aliphatic heterocycles. The van der Waals surface area contributed by atoms with Crippen LogP contribution in [0.4, 0.5) is 4.39 Å². The molecule has 0 saturated carbocycles. The third-order valence-electron chi connectivity index (χ3n) is 2.37. The Morgan fingerprint density at radius 2 is 2.22 bits per heavy atom. The first-order valence-corrected chi connectivity index (χ1v) is 5.81. The number of rotatable bonds is 6. The lowest BCUT2D eigenvalue weighted by Gasteiger charge is -2.15. The molecule has 0 fully saturated rings. The maximum absolute atomic E-state index is 13.4. The number of methoxy groups -OCH3 is 2. The summed E-state index contributed by atoms with van der Waals surface area (Å²) in [6, 6.07) is 4.07. The highest BCUT2D eigenvalue weighted by atomic mass is 32.1. The Kier molecular flexibility index (Phi) is 6.11. The second-order valence-electron chi connectivity index (χ2n) is 3.69. The van der Waals surface area contributed by atoms with Crippen LogP contribution < -0.4 is 5.32 Å². The van der Waals surface area contributed by atoms with E-state index in [-0.39, 0.29) is 18.2 Å². The molecular formula is C12H16FNO3S. The van der Waals surface area contributed by atoms with Crippen molar-refractivity contribution in [1.82, 2.24) is 5.32 Å². The van der Waals surface area contributed by atoms with Crippen molar-refractivity contribution in [2.75, 3.05) is 27.4 Å². The molecule has 0 aliphatic rings. The molecule has 1 atom stereocenters. The lowest BCUT2D eigenvalue weighted by Crippen LogP contribution is -2.35. The minimum atomic E-state index is -0.578. The first-order valence-electron chi connectivity index (χ1n) is 5.37. The molecule has 1 rings (SSSR count). The van der Waals surface area contributed by atoms with Gasteiger partial charge in [-0.2, -0.15) is 0 Å². The third-order valence-corrected chi connectivity index (χ3v) is 2.65. The van der Waals surface area contributed by atoms with Gasteiger partial charge < -0.3 is 14.8 Å². The van der Waals surface area contributed by atoms with E-state index in [1.807, 2.05) is 0 Å². The van der Waals surface area contributed by atoms with Gasteiger partial charge >= 0.3 is 0 Å². The fourth-order valence-corrected chi connectivity index (χ4v) is 1.59. The molecule has 18 heavy (non-hydrogen) atoms. The summed E-state index contributed by atoms with van der Waals surface area (Å²) in [6.07, 6.45) is -0.263. The molecule has 0 radical (unpaired) electrons. The van der Waals surface area contributed by atoms with Gasteiger partial charge in [0.15, 0.2) is 0 Å². The number of amides is 1. The zero-order valence-electron chi connectivity index (χ0n) is 10.3. The van der Waals surface area contributed by atoms with Crippen molar-refractivity contribution in [3.8, 4) is 0 Å². The molecule has 0 spiro atoms. The molecule has 0 bridgehead atoms. The van der Waals surface area contributed by atoms with E-state index in [9.17, 15) is 9.18 Å². The average molecular weight is 273 g/mol. The maximum atomic E-state index is 13.4. The Labute approximate surface area is 111 Å². The molecular weight excluding hydrogens is 257 g/mol. The summed E-state index contributed by atoms with van der Waals surface area (Å²) in [5, 5.41) is 2.58. The van der Waals surface area contributed by atoms with Crippen LogP contribution in [-0.2, 0) is 9.47 Å². The number of hydrogen-bond donors (Lipinski definition) is 2. The van der Waals surface area contributed by atoms with Gasteiger partial charge in [0.05, 0.1) is 18.3 Å². The largest absolute Gasteiger partial charge is 0.382 e. The van der Waals surface area contributed by atoms with Gasteiger partial charge in [0.25, 0.3) is 5.91 Å². The van der Waals surface area contributed by atoms with E-state index >= 15 is 0 Å². The zero-order chi connectivity index (χ0) is 13.5. The number of thiol groups is 1. The predicted octanol–water partition coefficient (Wildman–Crippen LogP) is 1.51. The molecule has 0 aromatic heterocycles. The second kappa shape index (κ2) is 7.35. The summed E-state index contributed by atoms with van der Waals surface area (Å²) in [7, 11) is 3.06. The van der Waals surface area contributed by atoms with Crippen LogP contribution >= 0.6 is 12.6 Å². The first kappa shape index (κ1) is 14.9. The summed E-state index contributed by atoms with van der Waals surface area (Å²) in [4.78, 5) is 12.3. The van der Waals surface area contributed by atoms with Gasteiger partial charge in [0, 0.05) is 25.7 Å². The van der Waals surface area contributed by atoms with E-state index in [2.05, 4.69) is 17.9 Å². The van der Waals surface area contributed by atoms with Crippen LogP contribution in [0.1, 0.15) is 10.4 Å². The molecule has 0 aliphatic carbocycles. The van der Waals surface area contributed by atoms with Gasteiger partial charge in [0.2, 0.25) is 0 Å². The van der Waals surface area contributed by atoms with E-state index in [1.165, 1.54) is 32.4 Å². The molecule has 4 nitrogen and oxygen atoms in total. The molecule has 1 amide bonds. The highest BCUT2D eigenvalue weighted by molar-refractivity contribution is 7.80. The van der Waals surface area contributed by atoms with E-state index in [0.29, 0.717) is 11.5 Å². The van der Waals surface area contributed by atoms with Crippen molar-refractivity contribution in [2.24, 2.45) is 0 Å². The normalized spacial score (nSPS) is 12.2. The molecule has 0 heterocycles.